The molecule has 0 aliphatic rings. The molecule has 0 atom stereocenters. The molecular weight excluding hydrogens is 549 g/mol. The Bertz CT molecular complexity index is 1660. The number of hydroxylamine groups is 1. The molecule has 0 spiro atoms. The number of halogens is 2. The standard InChI is InChI=1S/C30H27Cl2N5O3/c1-2-36(15-14-26(38)35-40)30(39)28-27(23-13-12-22(32)16-25(23)34-28)29-24(20-6-4-3-5-7-20)17-33-37(29)18-19-8-10-21(31)11-9-19/h3-13,16-17,34,40H,2,14-15,18H2,1H3,(H,35,38). The zero-order valence-electron chi connectivity index (χ0n) is 21.7. The number of aromatic amines is 1. The lowest BCUT2D eigenvalue weighted by Gasteiger charge is -2.21. The van der Waals surface area contributed by atoms with E-state index in [1.54, 1.807) is 22.5 Å². The minimum atomic E-state index is -0.567. The van der Waals surface area contributed by atoms with E-state index in [0.717, 1.165) is 27.8 Å². The highest BCUT2D eigenvalue weighted by molar-refractivity contribution is 6.31. The SMILES string of the molecule is CCN(CCC(=O)NO)C(=O)c1[nH]c2cc(Cl)ccc2c1-c1c(-c2ccccc2)cnn1Cc1ccc(Cl)cc1. The van der Waals surface area contributed by atoms with Crippen LogP contribution in [-0.2, 0) is 11.3 Å². The van der Waals surface area contributed by atoms with E-state index in [4.69, 9.17) is 33.5 Å². The first kappa shape index (κ1) is 27.5. The van der Waals surface area contributed by atoms with E-state index in [1.165, 1.54) is 0 Å². The monoisotopic (exact) mass is 575 g/mol. The maximum atomic E-state index is 14.0. The zero-order chi connectivity index (χ0) is 28.2. The van der Waals surface area contributed by atoms with Crippen molar-refractivity contribution >= 4 is 45.9 Å². The number of carbonyl (C=O) groups excluding carboxylic acids is 2. The van der Waals surface area contributed by atoms with Crippen LogP contribution in [0.5, 0.6) is 0 Å². The predicted molar refractivity (Wildman–Crippen MR) is 157 cm³/mol. The average Bonchev–Trinajstić information content (AvgIpc) is 3.55. The molecule has 2 aromatic heterocycles. The lowest BCUT2D eigenvalue weighted by molar-refractivity contribution is -0.129. The number of nitrogens with zero attached hydrogens (tertiary/aromatic N) is 3. The maximum absolute atomic E-state index is 14.0. The molecule has 0 fully saturated rings. The third-order valence-corrected chi connectivity index (χ3v) is 7.27. The second-order valence-electron chi connectivity index (χ2n) is 9.29. The van der Waals surface area contributed by atoms with Crippen molar-refractivity contribution in [2.24, 2.45) is 0 Å². The summed E-state index contributed by atoms with van der Waals surface area (Å²) in [6.07, 6.45) is 1.77. The molecule has 5 rings (SSSR count). The van der Waals surface area contributed by atoms with Crippen LogP contribution in [-0.4, -0.2) is 49.8 Å². The van der Waals surface area contributed by atoms with Gasteiger partial charge in [0.15, 0.2) is 0 Å². The molecule has 0 aliphatic carbocycles. The van der Waals surface area contributed by atoms with Crippen LogP contribution >= 0.6 is 23.2 Å². The Morgan fingerprint density at radius 2 is 1.75 bits per heavy atom. The summed E-state index contributed by atoms with van der Waals surface area (Å²) >= 11 is 12.5. The fraction of sp³-hybridized carbons (Fsp3) is 0.167. The number of hydrogen-bond acceptors (Lipinski definition) is 4. The molecule has 3 aromatic carbocycles. The summed E-state index contributed by atoms with van der Waals surface area (Å²) < 4.78 is 1.88. The minimum Gasteiger partial charge on any atom is -0.350 e. The second kappa shape index (κ2) is 12.0. The predicted octanol–water partition coefficient (Wildman–Crippen LogP) is 6.41. The largest absolute Gasteiger partial charge is 0.350 e. The summed E-state index contributed by atoms with van der Waals surface area (Å²) in [6.45, 7) is 2.78. The van der Waals surface area contributed by atoms with E-state index >= 15 is 0 Å². The summed E-state index contributed by atoms with van der Waals surface area (Å²) in [5, 5.41) is 15.7. The number of aromatic nitrogens is 3. The molecular formula is C30H27Cl2N5O3. The fourth-order valence-electron chi connectivity index (χ4n) is 4.79. The Morgan fingerprint density at radius 1 is 1.02 bits per heavy atom. The molecule has 0 radical (unpaired) electrons. The summed E-state index contributed by atoms with van der Waals surface area (Å²) in [5.41, 5.74) is 6.95. The van der Waals surface area contributed by atoms with Crippen molar-refractivity contribution < 1.29 is 14.8 Å². The van der Waals surface area contributed by atoms with Crippen molar-refractivity contribution in [1.29, 1.82) is 0 Å². The molecule has 5 aromatic rings. The molecule has 40 heavy (non-hydrogen) atoms. The van der Waals surface area contributed by atoms with E-state index in [0.29, 0.717) is 39.9 Å². The fourth-order valence-corrected chi connectivity index (χ4v) is 5.09. The first-order valence-corrected chi connectivity index (χ1v) is 13.5. The van der Waals surface area contributed by atoms with Crippen molar-refractivity contribution in [3.8, 4) is 22.4 Å². The Morgan fingerprint density at radius 3 is 2.45 bits per heavy atom. The van der Waals surface area contributed by atoms with Crippen LogP contribution < -0.4 is 5.48 Å². The average molecular weight is 576 g/mol. The molecule has 0 saturated carbocycles. The van der Waals surface area contributed by atoms with Gasteiger partial charge in [-0.1, -0.05) is 71.7 Å². The van der Waals surface area contributed by atoms with Crippen molar-refractivity contribution in [2.45, 2.75) is 19.9 Å². The topological polar surface area (TPSA) is 103 Å². The summed E-state index contributed by atoms with van der Waals surface area (Å²) in [7, 11) is 0. The molecule has 0 aliphatic heterocycles. The van der Waals surface area contributed by atoms with Crippen molar-refractivity contribution in [1.82, 2.24) is 25.1 Å². The Labute approximate surface area is 241 Å². The Hall–Kier alpha value is -4.11. The van der Waals surface area contributed by atoms with Crippen LogP contribution in [0.15, 0.2) is 79.0 Å². The van der Waals surface area contributed by atoms with E-state index in [9.17, 15) is 9.59 Å². The number of nitrogens with one attached hydrogen (secondary N) is 2. The van der Waals surface area contributed by atoms with Gasteiger partial charge in [-0.05, 0) is 42.3 Å². The number of amides is 2. The summed E-state index contributed by atoms with van der Waals surface area (Å²) in [4.78, 5) is 30.6. The Kier molecular flexibility index (Phi) is 8.21. The van der Waals surface area contributed by atoms with Crippen LogP contribution in [0.3, 0.4) is 0 Å². The van der Waals surface area contributed by atoms with Crippen molar-refractivity contribution in [2.75, 3.05) is 13.1 Å². The number of fused-ring (bicyclic) bond motifs is 1. The minimum absolute atomic E-state index is 0.0404. The molecule has 8 nitrogen and oxygen atoms in total. The molecule has 0 unspecified atom stereocenters. The van der Waals surface area contributed by atoms with Gasteiger partial charge < -0.3 is 9.88 Å². The molecule has 10 heteroatoms. The van der Waals surface area contributed by atoms with Gasteiger partial charge >= 0.3 is 0 Å². The van der Waals surface area contributed by atoms with Gasteiger partial charge in [0.2, 0.25) is 5.91 Å². The lowest BCUT2D eigenvalue weighted by Crippen LogP contribution is -2.35. The van der Waals surface area contributed by atoms with Gasteiger partial charge in [0.05, 0.1) is 18.4 Å². The molecule has 0 bridgehead atoms. The number of carbonyl (C=O) groups is 2. The summed E-state index contributed by atoms with van der Waals surface area (Å²) in [6, 6.07) is 22.9. The summed E-state index contributed by atoms with van der Waals surface area (Å²) in [5.74, 6) is -0.851. The quantitative estimate of drug-likeness (QED) is 0.139. The van der Waals surface area contributed by atoms with E-state index in [2.05, 4.69) is 4.98 Å². The van der Waals surface area contributed by atoms with Gasteiger partial charge in [-0.3, -0.25) is 19.5 Å². The van der Waals surface area contributed by atoms with Crippen LogP contribution in [0.2, 0.25) is 10.0 Å². The lowest BCUT2D eigenvalue weighted by atomic mass is 9.98. The molecule has 2 amide bonds. The van der Waals surface area contributed by atoms with Crippen molar-refractivity contribution in [3.63, 3.8) is 0 Å². The highest BCUT2D eigenvalue weighted by atomic mass is 35.5. The highest BCUT2D eigenvalue weighted by Gasteiger charge is 2.28. The molecule has 2 heterocycles. The van der Waals surface area contributed by atoms with Crippen LogP contribution in [0.4, 0.5) is 0 Å². The van der Waals surface area contributed by atoms with Gasteiger partial charge in [0.25, 0.3) is 5.91 Å². The smallest absolute Gasteiger partial charge is 0.271 e. The van der Waals surface area contributed by atoms with Gasteiger partial charge in [-0.15, -0.1) is 0 Å². The number of H-pyrrole nitrogens is 1. The normalized spacial score (nSPS) is 11.1. The maximum Gasteiger partial charge on any atom is 0.271 e. The number of rotatable bonds is 9. The van der Waals surface area contributed by atoms with Gasteiger partial charge in [-0.25, -0.2) is 5.48 Å². The Balaban J connectivity index is 1.72. The molecule has 204 valence electrons. The third kappa shape index (κ3) is 5.60. The van der Waals surface area contributed by atoms with E-state index in [1.807, 2.05) is 78.5 Å². The second-order valence-corrected chi connectivity index (χ2v) is 10.2. The van der Waals surface area contributed by atoms with Gasteiger partial charge in [0, 0.05) is 51.6 Å². The zero-order valence-corrected chi connectivity index (χ0v) is 23.2. The first-order valence-electron chi connectivity index (χ1n) is 12.8. The number of benzene rings is 3. The van der Waals surface area contributed by atoms with Gasteiger partial charge in [-0.2, -0.15) is 5.10 Å². The van der Waals surface area contributed by atoms with Gasteiger partial charge in [0.1, 0.15) is 5.69 Å². The van der Waals surface area contributed by atoms with Crippen LogP contribution in [0.1, 0.15) is 29.4 Å². The number of hydrogen-bond donors (Lipinski definition) is 3. The molecule has 0 saturated heterocycles. The highest BCUT2D eigenvalue weighted by Crippen LogP contribution is 2.40. The third-order valence-electron chi connectivity index (χ3n) is 6.78. The van der Waals surface area contributed by atoms with Crippen molar-refractivity contribution in [3.05, 3.63) is 100 Å². The molecule has 3 N–H and O–H groups in total. The first-order chi connectivity index (χ1) is 19.4. The van der Waals surface area contributed by atoms with Crippen LogP contribution in [0, 0.1) is 0 Å². The van der Waals surface area contributed by atoms with E-state index < -0.39 is 5.91 Å². The van der Waals surface area contributed by atoms with E-state index in [-0.39, 0.29) is 18.9 Å². The van der Waals surface area contributed by atoms with Crippen LogP contribution in [0.25, 0.3) is 33.3 Å².